The molecule has 0 radical (unpaired) electrons. The molecule has 0 N–H and O–H groups in total. The van der Waals surface area contributed by atoms with Gasteiger partial charge < -0.3 is 14.4 Å². The zero-order valence-corrected chi connectivity index (χ0v) is 16.3. The summed E-state index contributed by atoms with van der Waals surface area (Å²) in [5, 5.41) is 0. The second-order valence-corrected chi connectivity index (χ2v) is 7.72. The largest absolute Gasteiger partial charge is 0.486 e. The lowest BCUT2D eigenvalue weighted by Gasteiger charge is -2.28. The van der Waals surface area contributed by atoms with E-state index in [4.69, 9.17) is 9.47 Å². The molecule has 1 aliphatic heterocycles. The average Bonchev–Trinajstić information content (AvgIpc) is 3.03. The van der Waals surface area contributed by atoms with Crippen molar-refractivity contribution in [3.8, 4) is 11.5 Å². The minimum absolute atomic E-state index is 0.136. The first-order valence-electron chi connectivity index (χ1n) is 10.4. The monoisotopic (exact) mass is 380 g/mol. The Labute approximate surface area is 166 Å². The maximum atomic E-state index is 13.4. The smallest absolute Gasteiger partial charge is 0.226 e. The second-order valence-electron chi connectivity index (χ2n) is 7.72. The van der Waals surface area contributed by atoms with Crippen LogP contribution in [0.2, 0.25) is 0 Å². The summed E-state index contributed by atoms with van der Waals surface area (Å²) in [6.45, 7) is 2.30. The number of aromatic nitrogens is 1. The Morgan fingerprint density at radius 3 is 2.46 bits per heavy atom. The number of rotatable bonds is 5. The molecule has 1 aliphatic carbocycles. The molecule has 5 nitrogen and oxygen atoms in total. The summed E-state index contributed by atoms with van der Waals surface area (Å²) in [5.74, 6) is 1.95. The lowest BCUT2D eigenvalue weighted by atomic mass is 9.98. The van der Waals surface area contributed by atoms with Crippen molar-refractivity contribution in [3.63, 3.8) is 0 Å². The summed E-state index contributed by atoms with van der Waals surface area (Å²) < 4.78 is 11.3. The van der Waals surface area contributed by atoms with Crippen LogP contribution in [0, 0.1) is 5.92 Å². The molecule has 0 spiro atoms. The molecule has 1 amide bonds. The Hall–Kier alpha value is -2.56. The fourth-order valence-electron chi connectivity index (χ4n) is 4.11. The molecule has 4 rings (SSSR count). The Kier molecular flexibility index (Phi) is 6.10. The fraction of sp³-hybridized carbons (Fsp3) is 0.478. The van der Waals surface area contributed by atoms with Crippen LogP contribution in [0.5, 0.6) is 11.5 Å². The van der Waals surface area contributed by atoms with E-state index in [0.29, 0.717) is 26.3 Å². The molecular weight excluding hydrogens is 352 g/mol. The highest BCUT2D eigenvalue weighted by atomic mass is 16.6. The van der Waals surface area contributed by atoms with Crippen LogP contribution >= 0.6 is 0 Å². The molecule has 2 aliphatic rings. The minimum Gasteiger partial charge on any atom is -0.486 e. The molecular formula is C23H28N2O3. The maximum Gasteiger partial charge on any atom is 0.226 e. The predicted molar refractivity (Wildman–Crippen MR) is 107 cm³/mol. The number of carbonyl (C=O) groups excluding carboxylic acids is 1. The quantitative estimate of drug-likeness (QED) is 0.724. The van der Waals surface area contributed by atoms with E-state index in [1.54, 1.807) is 6.20 Å². The van der Waals surface area contributed by atoms with Crippen molar-refractivity contribution in [2.45, 2.75) is 51.6 Å². The third kappa shape index (κ3) is 4.64. The van der Waals surface area contributed by atoms with Gasteiger partial charge in [-0.25, -0.2) is 0 Å². The highest BCUT2D eigenvalue weighted by Crippen LogP contribution is 2.32. The fourth-order valence-corrected chi connectivity index (χ4v) is 4.11. The minimum atomic E-state index is 0.136. The van der Waals surface area contributed by atoms with Gasteiger partial charge in [0.05, 0.1) is 0 Å². The normalized spacial score (nSPS) is 17.0. The van der Waals surface area contributed by atoms with Crippen LogP contribution in [0.15, 0.2) is 42.7 Å². The van der Waals surface area contributed by atoms with Gasteiger partial charge in [-0.3, -0.25) is 9.78 Å². The van der Waals surface area contributed by atoms with E-state index in [2.05, 4.69) is 4.98 Å². The van der Waals surface area contributed by atoms with Crippen molar-refractivity contribution in [2.24, 2.45) is 5.92 Å². The Morgan fingerprint density at radius 2 is 1.71 bits per heavy atom. The van der Waals surface area contributed by atoms with Crippen molar-refractivity contribution in [3.05, 3.63) is 53.9 Å². The van der Waals surface area contributed by atoms with Gasteiger partial charge >= 0.3 is 0 Å². The van der Waals surface area contributed by atoms with E-state index in [1.807, 2.05) is 41.4 Å². The number of amides is 1. The van der Waals surface area contributed by atoms with Crippen LogP contribution in [0.1, 0.15) is 49.7 Å². The van der Waals surface area contributed by atoms with Crippen molar-refractivity contribution < 1.29 is 14.3 Å². The molecule has 148 valence electrons. The van der Waals surface area contributed by atoms with E-state index in [-0.39, 0.29) is 11.8 Å². The number of carbonyl (C=O) groups is 1. The second kappa shape index (κ2) is 9.09. The molecule has 0 atom stereocenters. The number of hydrogen-bond acceptors (Lipinski definition) is 4. The Morgan fingerprint density at radius 1 is 0.964 bits per heavy atom. The molecule has 28 heavy (non-hydrogen) atoms. The van der Waals surface area contributed by atoms with Gasteiger partial charge in [-0.15, -0.1) is 0 Å². The van der Waals surface area contributed by atoms with Crippen LogP contribution < -0.4 is 9.47 Å². The van der Waals surface area contributed by atoms with Crippen LogP contribution in [0.25, 0.3) is 0 Å². The van der Waals surface area contributed by atoms with Crippen LogP contribution in [-0.2, 0) is 17.9 Å². The summed E-state index contributed by atoms with van der Waals surface area (Å²) >= 11 is 0. The van der Waals surface area contributed by atoms with Crippen molar-refractivity contribution >= 4 is 5.91 Å². The molecule has 2 heterocycles. The molecule has 1 saturated carbocycles. The number of hydrogen-bond donors (Lipinski definition) is 0. The van der Waals surface area contributed by atoms with E-state index in [0.717, 1.165) is 48.3 Å². The van der Waals surface area contributed by atoms with Crippen molar-refractivity contribution in [1.29, 1.82) is 0 Å². The highest BCUT2D eigenvalue weighted by molar-refractivity contribution is 5.79. The molecule has 0 saturated heterocycles. The summed E-state index contributed by atoms with van der Waals surface area (Å²) in [5.41, 5.74) is 2.12. The van der Waals surface area contributed by atoms with E-state index < -0.39 is 0 Å². The standard InChI is InChI=1S/C23H28N2O3/c26-23(20-7-3-1-2-4-8-20)25(17-19-6-5-11-24-15-19)16-18-9-10-21-22(14-18)28-13-12-27-21/h5-6,9-11,14-15,20H,1-4,7-8,12-13,16-17H2. The Bertz CT molecular complexity index is 786. The van der Waals surface area contributed by atoms with Gasteiger partial charge in [0.25, 0.3) is 0 Å². The van der Waals surface area contributed by atoms with Gasteiger partial charge in [0.15, 0.2) is 11.5 Å². The number of nitrogens with zero attached hydrogens (tertiary/aromatic N) is 2. The van der Waals surface area contributed by atoms with Crippen LogP contribution in [0.4, 0.5) is 0 Å². The summed E-state index contributed by atoms with van der Waals surface area (Å²) in [6, 6.07) is 9.94. The number of pyridine rings is 1. The summed E-state index contributed by atoms with van der Waals surface area (Å²) in [7, 11) is 0. The zero-order valence-electron chi connectivity index (χ0n) is 16.3. The van der Waals surface area contributed by atoms with Crippen molar-refractivity contribution in [2.75, 3.05) is 13.2 Å². The van der Waals surface area contributed by atoms with Crippen LogP contribution in [0.3, 0.4) is 0 Å². The average molecular weight is 380 g/mol. The molecule has 5 heteroatoms. The summed E-state index contributed by atoms with van der Waals surface area (Å²) in [6.07, 6.45) is 10.4. The first-order chi connectivity index (χ1) is 13.8. The topological polar surface area (TPSA) is 51.7 Å². The lowest BCUT2D eigenvalue weighted by Crippen LogP contribution is -2.35. The zero-order chi connectivity index (χ0) is 19.2. The van der Waals surface area contributed by atoms with Crippen LogP contribution in [-0.4, -0.2) is 29.0 Å². The molecule has 0 bridgehead atoms. The first-order valence-corrected chi connectivity index (χ1v) is 10.4. The third-order valence-corrected chi connectivity index (χ3v) is 5.59. The number of fused-ring (bicyclic) bond motifs is 1. The number of benzene rings is 1. The summed E-state index contributed by atoms with van der Waals surface area (Å²) in [4.78, 5) is 19.6. The molecule has 0 unspecified atom stereocenters. The maximum absolute atomic E-state index is 13.4. The van der Waals surface area contributed by atoms with Gasteiger partial charge in [0.2, 0.25) is 5.91 Å². The molecule has 2 aromatic rings. The van der Waals surface area contributed by atoms with E-state index >= 15 is 0 Å². The molecule has 1 aromatic carbocycles. The SMILES string of the molecule is O=C(C1CCCCCC1)N(Cc1cccnc1)Cc1ccc2c(c1)OCCO2. The van der Waals surface area contributed by atoms with Gasteiger partial charge in [0.1, 0.15) is 13.2 Å². The van der Waals surface area contributed by atoms with Crippen molar-refractivity contribution in [1.82, 2.24) is 9.88 Å². The molecule has 1 fully saturated rings. The molecule has 1 aromatic heterocycles. The predicted octanol–water partition coefficient (Wildman–Crippen LogP) is 4.35. The highest BCUT2D eigenvalue weighted by Gasteiger charge is 2.26. The van der Waals surface area contributed by atoms with Gasteiger partial charge in [-0.05, 0) is 42.2 Å². The van der Waals surface area contributed by atoms with Gasteiger partial charge in [-0.1, -0.05) is 37.8 Å². The first kappa shape index (κ1) is 18.8. The van der Waals surface area contributed by atoms with E-state index in [1.165, 1.54) is 12.8 Å². The van der Waals surface area contributed by atoms with Gasteiger partial charge in [0, 0.05) is 31.4 Å². The third-order valence-electron chi connectivity index (χ3n) is 5.59. The van der Waals surface area contributed by atoms with Gasteiger partial charge in [-0.2, -0.15) is 0 Å². The Balaban J connectivity index is 1.54. The van der Waals surface area contributed by atoms with E-state index in [9.17, 15) is 4.79 Å². The lowest BCUT2D eigenvalue weighted by molar-refractivity contribution is -0.137. The number of ether oxygens (including phenoxy) is 2.